The van der Waals surface area contributed by atoms with Gasteiger partial charge < -0.3 is 10.1 Å². The van der Waals surface area contributed by atoms with Gasteiger partial charge in [0.05, 0.1) is 29.8 Å². The number of nitrogens with one attached hydrogen (secondary N) is 1. The number of fused-ring (bicyclic) bond motifs is 1. The second-order valence-corrected chi connectivity index (χ2v) is 7.50. The zero-order chi connectivity index (χ0) is 17.6. The van der Waals surface area contributed by atoms with Crippen molar-refractivity contribution in [2.75, 3.05) is 13.1 Å². The van der Waals surface area contributed by atoms with Gasteiger partial charge in [0, 0.05) is 18.5 Å². The molecule has 0 spiro atoms. The average Bonchev–Trinajstić information content (AvgIpc) is 3.17. The zero-order valence-electron chi connectivity index (χ0n) is 14.7. The van der Waals surface area contributed by atoms with Crippen LogP contribution in [0.1, 0.15) is 38.4 Å². The van der Waals surface area contributed by atoms with Crippen LogP contribution in [0.4, 0.5) is 4.39 Å². The lowest BCUT2D eigenvalue weighted by molar-refractivity contribution is -0.146. The number of rotatable bonds is 5. The van der Waals surface area contributed by atoms with Crippen molar-refractivity contribution in [2.24, 2.45) is 11.8 Å². The average molecular weight is 345 g/mol. The maximum Gasteiger partial charge on any atom is 0.312 e. The summed E-state index contributed by atoms with van der Waals surface area (Å²) in [5, 5.41) is 9.02. The highest BCUT2D eigenvalue weighted by molar-refractivity contribution is 5.86. The Morgan fingerprint density at radius 3 is 2.92 bits per heavy atom. The normalized spacial score (nSPS) is 23.5. The largest absolute Gasteiger partial charge is 0.463 e. The van der Waals surface area contributed by atoms with Gasteiger partial charge in [0.15, 0.2) is 0 Å². The first-order valence-electron chi connectivity index (χ1n) is 9.09. The van der Waals surface area contributed by atoms with E-state index in [2.05, 4.69) is 5.32 Å². The molecular weight excluding hydrogens is 321 g/mol. The van der Waals surface area contributed by atoms with Crippen LogP contribution in [-0.2, 0) is 16.0 Å². The quantitative estimate of drug-likeness (QED) is 0.847. The molecule has 1 N–H and O–H groups in total. The second kappa shape index (κ2) is 6.41. The van der Waals surface area contributed by atoms with Crippen LogP contribution in [0.5, 0.6) is 0 Å². The molecule has 1 aliphatic heterocycles. The molecule has 1 aromatic heterocycles. The number of ether oxygens (including phenoxy) is 1. The molecule has 2 heterocycles. The number of benzene rings is 1. The lowest BCUT2D eigenvalue weighted by Crippen LogP contribution is -2.21. The van der Waals surface area contributed by atoms with Crippen LogP contribution in [0, 0.1) is 17.7 Å². The zero-order valence-corrected chi connectivity index (χ0v) is 14.7. The molecule has 0 amide bonds. The van der Waals surface area contributed by atoms with Crippen LogP contribution in [-0.4, -0.2) is 34.9 Å². The van der Waals surface area contributed by atoms with E-state index < -0.39 is 0 Å². The van der Waals surface area contributed by atoms with Crippen molar-refractivity contribution >= 4 is 16.9 Å². The highest BCUT2D eigenvalue weighted by Gasteiger charge is 2.41. The van der Waals surface area contributed by atoms with Crippen molar-refractivity contribution in [2.45, 2.75) is 45.3 Å². The summed E-state index contributed by atoms with van der Waals surface area (Å²) < 4.78 is 21.1. The number of hydrogen-bond acceptors (Lipinski definition) is 4. The van der Waals surface area contributed by atoms with Crippen LogP contribution in [0.25, 0.3) is 10.9 Å². The van der Waals surface area contributed by atoms with Crippen molar-refractivity contribution in [1.82, 2.24) is 15.1 Å². The Bertz CT molecular complexity index is 797. The van der Waals surface area contributed by atoms with Gasteiger partial charge in [-0.2, -0.15) is 5.10 Å². The topological polar surface area (TPSA) is 56.1 Å². The predicted octanol–water partition coefficient (Wildman–Crippen LogP) is 2.84. The summed E-state index contributed by atoms with van der Waals surface area (Å²) >= 11 is 0. The van der Waals surface area contributed by atoms with Crippen LogP contribution in [0.15, 0.2) is 18.2 Å². The highest BCUT2D eigenvalue weighted by Crippen LogP contribution is 2.44. The third-order valence-corrected chi connectivity index (χ3v) is 5.19. The molecule has 0 unspecified atom stereocenters. The number of carbonyl (C=O) groups is 1. The van der Waals surface area contributed by atoms with Gasteiger partial charge in [-0.25, -0.2) is 4.39 Å². The van der Waals surface area contributed by atoms with Gasteiger partial charge in [-0.05, 0) is 56.7 Å². The molecule has 1 aliphatic carbocycles. The molecule has 5 nitrogen and oxygen atoms in total. The van der Waals surface area contributed by atoms with Gasteiger partial charge in [0.25, 0.3) is 0 Å². The summed E-state index contributed by atoms with van der Waals surface area (Å²) in [6.45, 7) is 5.48. The number of nitrogens with zero attached hydrogens (tertiary/aromatic N) is 2. The minimum Gasteiger partial charge on any atom is -0.463 e. The number of halogens is 1. The molecule has 4 rings (SSSR count). The number of esters is 1. The van der Waals surface area contributed by atoms with E-state index in [4.69, 9.17) is 9.84 Å². The molecule has 2 atom stereocenters. The summed E-state index contributed by atoms with van der Waals surface area (Å²) in [6, 6.07) is 4.89. The third-order valence-electron chi connectivity index (χ3n) is 5.19. The first-order chi connectivity index (χ1) is 12.0. The van der Waals surface area contributed by atoms with Gasteiger partial charge in [-0.1, -0.05) is 0 Å². The highest BCUT2D eigenvalue weighted by atomic mass is 19.1. The Balaban J connectivity index is 1.71. The molecule has 0 radical (unpaired) electrons. The Kier molecular flexibility index (Phi) is 4.23. The molecular formula is C19H24FN3O2. The van der Waals surface area contributed by atoms with Gasteiger partial charge >= 0.3 is 5.97 Å². The lowest BCUT2D eigenvalue weighted by atomic mass is 9.98. The molecule has 6 heteroatoms. The number of carbonyl (C=O) groups excluding carboxylic acids is 1. The van der Waals surface area contributed by atoms with Crippen molar-refractivity contribution in [1.29, 1.82) is 0 Å². The SMILES string of the molecule is CC(C)OC(=O)Cc1nn([C@H]2CNC[C@H]2C2CC2)c2cc(F)ccc12. The fraction of sp³-hybridized carbons (Fsp3) is 0.579. The lowest BCUT2D eigenvalue weighted by Gasteiger charge is -2.19. The second-order valence-electron chi connectivity index (χ2n) is 7.50. The Morgan fingerprint density at radius 1 is 1.40 bits per heavy atom. The third kappa shape index (κ3) is 3.27. The summed E-state index contributed by atoms with van der Waals surface area (Å²) in [6.07, 6.45) is 2.49. The van der Waals surface area contributed by atoms with Crippen molar-refractivity contribution in [3.05, 3.63) is 29.7 Å². The van der Waals surface area contributed by atoms with Gasteiger partial charge in [-0.15, -0.1) is 0 Å². The van der Waals surface area contributed by atoms with Crippen LogP contribution in [0.3, 0.4) is 0 Å². The molecule has 25 heavy (non-hydrogen) atoms. The predicted molar refractivity (Wildman–Crippen MR) is 92.7 cm³/mol. The Hall–Kier alpha value is -1.95. The smallest absolute Gasteiger partial charge is 0.312 e. The van der Waals surface area contributed by atoms with Gasteiger partial charge in [0.1, 0.15) is 5.82 Å². The van der Waals surface area contributed by atoms with E-state index in [1.54, 1.807) is 6.07 Å². The standard InChI is InChI=1S/C19H24FN3O2/c1-11(2)25-19(24)8-16-14-6-5-13(20)7-17(14)23(22-16)18-10-21-9-15(18)12-3-4-12/h5-7,11-12,15,18,21H,3-4,8-10H2,1-2H3/t15-,18-/m0/s1. The van der Waals surface area contributed by atoms with E-state index in [9.17, 15) is 9.18 Å². The van der Waals surface area contributed by atoms with Gasteiger partial charge in [-0.3, -0.25) is 9.48 Å². The number of hydrogen-bond donors (Lipinski definition) is 1. The van der Waals surface area contributed by atoms with E-state index in [0.29, 0.717) is 11.6 Å². The monoisotopic (exact) mass is 345 g/mol. The maximum atomic E-state index is 13.9. The van der Waals surface area contributed by atoms with Crippen molar-refractivity contribution < 1.29 is 13.9 Å². The Labute approximate surface area is 146 Å². The van der Waals surface area contributed by atoms with Crippen molar-refractivity contribution in [3.63, 3.8) is 0 Å². The molecule has 1 saturated heterocycles. The molecule has 134 valence electrons. The first kappa shape index (κ1) is 16.5. The van der Waals surface area contributed by atoms with Crippen molar-refractivity contribution in [3.8, 4) is 0 Å². The molecule has 2 aromatic rings. The van der Waals surface area contributed by atoms with E-state index >= 15 is 0 Å². The fourth-order valence-corrected chi connectivity index (χ4v) is 3.96. The summed E-state index contributed by atoms with van der Waals surface area (Å²) in [7, 11) is 0. The molecule has 2 fully saturated rings. The number of aromatic nitrogens is 2. The van der Waals surface area contributed by atoms with E-state index in [1.807, 2.05) is 18.5 Å². The molecule has 0 bridgehead atoms. The van der Waals surface area contributed by atoms with Crippen LogP contribution < -0.4 is 5.32 Å². The van der Waals surface area contributed by atoms with E-state index in [0.717, 1.165) is 29.9 Å². The Morgan fingerprint density at radius 2 is 2.20 bits per heavy atom. The van der Waals surface area contributed by atoms with Crippen LogP contribution >= 0.6 is 0 Å². The fourth-order valence-electron chi connectivity index (χ4n) is 3.96. The first-order valence-corrected chi connectivity index (χ1v) is 9.09. The molecule has 1 aromatic carbocycles. The summed E-state index contributed by atoms with van der Waals surface area (Å²) in [5.41, 5.74) is 1.44. The minimum atomic E-state index is -0.297. The van der Waals surface area contributed by atoms with E-state index in [-0.39, 0.29) is 30.4 Å². The van der Waals surface area contributed by atoms with E-state index in [1.165, 1.54) is 25.0 Å². The summed E-state index contributed by atoms with van der Waals surface area (Å²) in [4.78, 5) is 12.1. The maximum absolute atomic E-state index is 13.9. The minimum absolute atomic E-state index is 0.113. The van der Waals surface area contributed by atoms with Gasteiger partial charge in [0.2, 0.25) is 0 Å². The van der Waals surface area contributed by atoms with Crippen LogP contribution in [0.2, 0.25) is 0 Å². The molecule has 2 aliphatic rings. The summed E-state index contributed by atoms with van der Waals surface area (Å²) in [5.74, 6) is 0.692. The molecule has 1 saturated carbocycles.